The minimum absolute atomic E-state index is 0.132. The van der Waals surface area contributed by atoms with Crippen LogP contribution in [0.2, 0.25) is 0 Å². The summed E-state index contributed by atoms with van der Waals surface area (Å²) in [5.41, 5.74) is 3.22. The monoisotopic (exact) mass is 271 g/mol. The summed E-state index contributed by atoms with van der Waals surface area (Å²) in [5.74, 6) is -0.132. The number of hydrogen-bond donors (Lipinski definition) is 1. The Morgan fingerprint density at radius 3 is 2.50 bits per heavy atom. The zero-order valence-corrected chi connectivity index (χ0v) is 12.2. The molecule has 2 aromatic carbocycles. The predicted molar refractivity (Wildman–Crippen MR) is 82.3 cm³/mol. The quantitative estimate of drug-likeness (QED) is 0.820. The van der Waals surface area contributed by atoms with Gasteiger partial charge in [-0.15, -0.1) is 0 Å². The largest absolute Gasteiger partial charge is 0.310 e. The third-order valence-electron chi connectivity index (χ3n) is 3.60. The highest BCUT2D eigenvalue weighted by molar-refractivity contribution is 5.27. The summed E-state index contributed by atoms with van der Waals surface area (Å²) >= 11 is 0. The Labute approximate surface area is 120 Å². The molecular weight excluding hydrogens is 249 g/mol. The Balaban J connectivity index is 2.08. The standard InChI is InChI=1S/C18H22FN/c1-3-20-18(12-9-15-7-5-4-6-8-15)16-10-11-17(19)14(2)13-16/h4-8,10-11,13,18,20H,3,9,12H2,1-2H3. The van der Waals surface area contributed by atoms with Crippen LogP contribution in [-0.4, -0.2) is 6.54 Å². The van der Waals surface area contributed by atoms with Crippen molar-refractivity contribution in [3.05, 3.63) is 71.0 Å². The molecule has 1 nitrogen and oxygen atoms in total. The van der Waals surface area contributed by atoms with Crippen molar-refractivity contribution < 1.29 is 4.39 Å². The first-order chi connectivity index (χ1) is 9.70. The van der Waals surface area contributed by atoms with Crippen LogP contribution in [0.1, 0.15) is 36.1 Å². The molecule has 0 fully saturated rings. The van der Waals surface area contributed by atoms with E-state index in [2.05, 4.69) is 36.5 Å². The smallest absolute Gasteiger partial charge is 0.126 e. The van der Waals surface area contributed by atoms with Gasteiger partial charge in [-0.25, -0.2) is 4.39 Å². The van der Waals surface area contributed by atoms with E-state index in [0.717, 1.165) is 19.4 Å². The molecule has 0 amide bonds. The average Bonchev–Trinajstić information content (AvgIpc) is 2.47. The van der Waals surface area contributed by atoms with Crippen LogP contribution in [0.25, 0.3) is 0 Å². The second kappa shape index (κ2) is 7.20. The van der Waals surface area contributed by atoms with Crippen molar-refractivity contribution in [2.75, 3.05) is 6.54 Å². The lowest BCUT2D eigenvalue weighted by Crippen LogP contribution is -2.21. The molecule has 0 aliphatic heterocycles. The van der Waals surface area contributed by atoms with Gasteiger partial charge in [-0.3, -0.25) is 0 Å². The number of aryl methyl sites for hydroxylation is 2. The Kier molecular flexibility index (Phi) is 5.31. The SMILES string of the molecule is CCNC(CCc1ccccc1)c1ccc(F)c(C)c1. The molecule has 106 valence electrons. The molecule has 2 heteroatoms. The Hall–Kier alpha value is -1.67. The maximum atomic E-state index is 13.4. The molecule has 0 heterocycles. The second-order valence-corrected chi connectivity index (χ2v) is 5.14. The zero-order valence-electron chi connectivity index (χ0n) is 12.2. The predicted octanol–water partition coefficient (Wildman–Crippen LogP) is 4.42. The van der Waals surface area contributed by atoms with Crippen molar-refractivity contribution in [3.8, 4) is 0 Å². The van der Waals surface area contributed by atoms with Crippen LogP contribution < -0.4 is 5.32 Å². The van der Waals surface area contributed by atoms with E-state index < -0.39 is 0 Å². The molecule has 1 N–H and O–H groups in total. The first-order valence-corrected chi connectivity index (χ1v) is 7.24. The van der Waals surface area contributed by atoms with Gasteiger partial charge in [-0.2, -0.15) is 0 Å². The third kappa shape index (κ3) is 3.91. The number of rotatable bonds is 6. The molecule has 1 atom stereocenters. The van der Waals surface area contributed by atoms with Gasteiger partial charge in [0.1, 0.15) is 5.82 Å². The molecule has 0 saturated heterocycles. The van der Waals surface area contributed by atoms with Crippen LogP contribution in [0, 0.1) is 12.7 Å². The van der Waals surface area contributed by atoms with E-state index in [9.17, 15) is 4.39 Å². The van der Waals surface area contributed by atoms with Gasteiger partial charge in [0.05, 0.1) is 0 Å². The fourth-order valence-electron chi connectivity index (χ4n) is 2.47. The van der Waals surface area contributed by atoms with Gasteiger partial charge in [0.15, 0.2) is 0 Å². The first kappa shape index (κ1) is 14.7. The lowest BCUT2D eigenvalue weighted by atomic mass is 9.97. The van der Waals surface area contributed by atoms with E-state index in [-0.39, 0.29) is 11.9 Å². The lowest BCUT2D eigenvalue weighted by Gasteiger charge is -2.19. The van der Waals surface area contributed by atoms with Crippen LogP contribution in [0.3, 0.4) is 0 Å². The maximum Gasteiger partial charge on any atom is 0.126 e. The van der Waals surface area contributed by atoms with E-state index >= 15 is 0 Å². The number of hydrogen-bond acceptors (Lipinski definition) is 1. The van der Waals surface area contributed by atoms with E-state index in [0.29, 0.717) is 5.56 Å². The Bertz CT molecular complexity index is 536. The molecule has 0 spiro atoms. The summed E-state index contributed by atoms with van der Waals surface area (Å²) in [7, 11) is 0. The summed E-state index contributed by atoms with van der Waals surface area (Å²) in [6.07, 6.45) is 2.04. The Morgan fingerprint density at radius 2 is 1.85 bits per heavy atom. The molecule has 0 radical (unpaired) electrons. The van der Waals surface area contributed by atoms with Gasteiger partial charge in [0.25, 0.3) is 0 Å². The molecule has 0 saturated carbocycles. The highest BCUT2D eigenvalue weighted by atomic mass is 19.1. The van der Waals surface area contributed by atoms with Crippen LogP contribution in [0.4, 0.5) is 4.39 Å². The third-order valence-corrected chi connectivity index (χ3v) is 3.60. The molecular formula is C18H22FN. The maximum absolute atomic E-state index is 13.4. The topological polar surface area (TPSA) is 12.0 Å². The van der Waals surface area contributed by atoms with Gasteiger partial charge in [-0.05, 0) is 49.1 Å². The van der Waals surface area contributed by atoms with Crippen molar-refractivity contribution >= 4 is 0 Å². The minimum Gasteiger partial charge on any atom is -0.310 e. The van der Waals surface area contributed by atoms with Gasteiger partial charge < -0.3 is 5.32 Å². The van der Waals surface area contributed by atoms with Crippen molar-refractivity contribution in [2.45, 2.75) is 32.7 Å². The van der Waals surface area contributed by atoms with Crippen LogP contribution in [0.15, 0.2) is 48.5 Å². The molecule has 1 unspecified atom stereocenters. The summed E-state index contributed by atoms with van der Waals surface area (Å²) in [4.78, 5) is 0. The molecule has 20 heavy (non-hydrogen) atoms. The van der Waals surface area contributed by atoms with Crippen molar-refractivity contribution in [1.29, 1.82) is 0 Å². The molecule has 0 aliphatic rings. The Morgan fingerprint density at radius 1 is 1.10 bits per heavy atom. The van der Waals surface area contributed by atoms with E-state index in [1.165, 1.54) is 11.1 Å². The summed E-state index contributed by atoms with van der Waals surface area (Å²) in [5, 5.41) is 3.49. The van der Waals surface area contributed by atoms with Gasteiger partial charge in [0.2, 0.25) is 0 Å². The molecule has 0 bridgehead atoms. The van der Waals surface area contributed by atoms with Crippen LogP contribution in [0.5, 0.6) is 0 Å². The molecule has 0 aliphatic carbocycles. The second-order valence-electron chi connectivity index (χ2n) is 5.14. The van der Waals surface area contributed by atoms with Crippen LogP contribution >= 0.6 is 0 Å². The first-order valence-electron chi connectivity index (χ1n) is 7.24. The van der Waals surface area contributed by atoms with Crippen LogP contribution in [-0.2, 0) is 6.42 Å². The molecule has 0 aromatic heterocycles. The van der Waals surface area contributed by atoms with E-state index in [1.807, 2.05) is 25.1 Å². The van der Waals surface area contributed by atoms with E-state index in [1.54, 1.807) is 6.07 Å². The summed E-state index contributed by atoms with van der Waals surface area (Å²) in [6.45, 7) is 4.83. The van der Waals surface area contributed by atoms with Crippen molar-refractivity contribution in [2.24, 2.45) is 0 Å². The van der Waals surface area contributed by atoms with Gasteiger partial charge in [-0.1, -0.05) is 49.4 Å². The number of halogens is 1. The summed E-state index contributed by atoms with van der Waals surface area (Å²) < 4.78 is 13.4. The number of nitrogens with one attached hydrogen (secondary N) is 1. The summed E-state index contributed by atoms with van der Waals surface area (Å²) in [6, 6.07) is 16.2. The highest BCUT2D eigenvalue weighted by Crippen LogP contribution is 2.21. The average molecular weight is 271 g/mol. The van der Waals surface area contributed by atoms with Gasteiger partial charge >= 0.3 is 0 Å². The lowest BCUT2D eigenvalue weighted by molar-refractivity contribution is 0.513. The normalized spacial score (nSPS) is 12.3. The minimum atomic E-state index is -0.132. The molecule has 2 rings (SSSR count). The highest BCUT2D eigenvalue weighted by Gasteiger charge is 2.11. The van der Waals surface area contributed by atoms with Crippen molar-refractivity contribution in [1.82, 2.24) is 5.32 Å². The van der Waals surface area contributed by atoms with Gasteiger partial charge in [0, 0.05) is 6.04 Å². The number of benzene rings is 2. The van der Waals surface area contributed by atoms with E-state index in [4.69, 9.17) is 0 Å². The zero-order chi connectivity index (χ0) is 14.4. The molecule has 2 aromatic rings. The fourth-order valence-corrected chi connectivity index (χ4v) is 2.47. The van der Waals surface area contributed by atoms with Crippen molar-refractivity contribution in [3.63, 3.8) is 0 Å². The fraction of sp³-hybridized carbons (Fsp3) is 0.333.